The maximum Gasteiger partial charge on any atom is 0.255 e. The zero-order valence-electron chi connectivity index (χ0n) is 18.3. The SMILES string of the molecule is CC(C)(CN)CN(Cc1cccc(NC(=O)c2cccc(Cl)c2)c1)C(=O)c1ccccc1. The molecule has 0 aromatic heterocycles. The normalized spacial score (nSPS) is 11.1. The molecule has 3 aromatic carbocycles. The number of hydrogen-bond acceptors (Lipinski definition) is 3. The van der Waals surface area contributed by atoms with E-state index in [2.05, 4.69) is 5.32 Å². The van der Waals surface area contributed by atoms with Crippen LogP contribution in [0.3, 0.4) is 0 Å². The van der Waals surface area contributed by atoms with Crippen LogP contribution in [0.1, 0.15) is 40.1 Å². The van der Waals surface area contributed by atoms with Gasteiger partial charge in [0.2, 0.25) is 0 Å². The number of hydrogen-bond donors (Lipinski definition) is 2. The van der Waals surface area contributed by atoms with Crippen molar-refractivity contribution in [2.24, 2.45) is 11.1 Å². The van der Waals surface area contributed by atoms with Crippen LogP contribution in [0, 0.1) is 5.41 Å². The molecule has 0 aliphatic heterocycles. The van der Waals surface area contributed by atoms with E-state index in [0.29, 0.717) is 41.5 Å². The van der Waals surface area contributed by atoms with Gasteiger partial charge >= 0.3 is 0 Å². The van der Waals surface area contributed by atoms with Crippen molar-refractivity contribution in [3.63, 3.8) is 0 Å². The van der Waals surface area contributed by atoms with E-state index in [1.54, 1.807) is 29.2 Å². The summed E-state index contributed by atoms with van der Waals surface area (Å²) in [5.41, 5.74) is 8.37. The third-order valence-electron chi connectivity index (χ3n) is 5.12. The van der Waals surface area contributed by atoms with E-state index >= 15 is 0 Å². The van der Waals surface area contributed by atoms with Crippen LogP contribution in [0.15, 0.2) is 78.9 Å². The van der Waals surface area contributed by atoms with Crippen molar-refractivity contribution in [2.45, 2.75) is 20.4 Å². The van der Waals surface area contributed by atoms with E-state index in [0.717, 1.165) is 5.56 Å². The number of benzene rings is 3. The third-order valence-corrected chi connectivity index (χ3v) is 5.36. The molecule has 6 heteroatoms. The lowest BCUT2D eigenvalue weighted by Crippen LogP contribution is -2.41. The van der Waals surface area contributed by atoms with E-state index < -0.39 is 0 Å². The highest BCUT2D eigenvalue weighted by Crippen LogP contribution is 2.21. The van der Waals surface area contributed by atoms with Crippen LogP contribution in [0.5, 0.6) is 0 Å². The summed E-state index contributed by atoms with van der Waals surface area (Å²) in [6, 6.07) is 23.5. The molecule has 5 nitrogen and oxygen atoms in total. The van der Waals surface area contributed by atoms with Gasteiger partial charge in [0.15, 0.2) is 0 Å². The van der Waals surface area contributed by atoms with Crippen molar-refractivity contribution >= 4 is 29.1 Å². The van der Waals surface area contributed by atoms with Crippen molar-refractivity contribution in [3.8, 4) is 0 Å². The van der Waals surface area contributed by atoms with Crippen LogP contribution in [-0.2, 0) is 6.54 Å². The quantitative estimate of drug-likeness (QED) is 0.495. The van der Waals surface area contributed by atoms with Crippen LogP contribution in [-0.4, -0.2) is 29.8 Å². The van der Waals surface area contributed by atoms with Gasteiger partial charge in [0.05, 0.1) is 0 Å². The minimum atomic E-state index is -0.244. The van der Waals surface area contributed by atoms with Gasteiger partial charge in [0, 0.05) is 34.9 Å². The summed E-state index contributed by atoms with van der Waals surface area (Å²) in [7, 11) is 0. The van der Waals surface area contributed by atoms with E-state index in [1.807, 2.05) is 68.4 Å². The average Bonchev–Trinajstić information content (AvgIpc) is 2.79. The Morgan fingerprint density at radius 3 is 2.31 bits per heavy atom. The summed E-state index contributed by atoms with van der Waals surface area (Å²) in [6.07, 6.45) is 0. The summed E-state index contributed by atoms with van der Waals surface area (Å²) in [6.45, 7) is 5.45. The van der Waals surface area contributed by atoms with Gasteiger partial charge in [0.25, 0.3) is 11.8 Å². The second kappa shape index (κ2) is 10.4. The lowest BCUT2D eigenvalue weighted by molar-refractivity contribution is 0.0673. The molecule has 0 aliphatic rings. The monoisotopic (exact) mass is 449 g/mol. The number of carbonyl (C=O) groups excluding carboxylic acids is 2. The van der Waals surface area contributed by atoms with Gasteiger partial charge in [-0.1, -0.05) is 61.8 Å². The predicted octanol–water partition coefficient (Wildman–Crippen LogP) is 5.22. The zero-order chi connectivity index (χ0) is 23.1. The smallest absolute Gasteiger partial charge is 0.255 e. The van der Waals surface area contributed by atoms with Crippen molar-refractivity contribution in [1.29, 1.82) is 0 Å². The minimum absolute atomic E-state index is 0.0551. The predicted molar refractivity (Wildman–Crippen MR) is 130 cm³/mol. The van der Waals surface area contributed by atoms with E-state index in [-0.39, 0.29) is 17.2 Å². The highest BCUT2D eigenvalue weighted by Gasteiger charge is 2.25. The van der Waals surface area contributed by atoms with Crippen LogP contribution >= 0.6 is 11.6 Å². The van der Waals surface area contributed by atoms with E-state index in [1.165, 1.54) is 0 Å². The maximum atomic E-state index is 13.2. The number of anilines is 1. The Bertz CT molecular complexity index is 1080. The zero-order valence-corrected chi connectivity index (χ0v) is 19.1. The van der Waals surface area contributed by atoms with Crippen molar-refractivity contribution in [3.05, 3.63) is 101 Å². The topological polar surface area (TPSA) is 75.4 Å². The Hall–Kier alpha value is -3.15. The highest BCUT2D eigenvalue weighted by atomic mass is 35.5. The average molecular weight is 450 g/mol. The summed E-state index contributed by atoms with van der Waals surface area (Å²) in [5, 5.41) is 3.40. The van der Waals surface area contributed by atoms with Gasteiger partial charge < -0.3 is 16.0 Å². The van der Waals surface area contributed by atoms with E-state index in [9.17, 15) is 9.59 Å². The largest absolute Gasteiger partial charge is 0.334 e. The van der Waals surface area contributed by atoms with E-state index in [4.69, 9.17) is 17.3 Å². The molecule has 0 heterocycles. The fraction of sp³-hybridized carbons (Fsp3) is 0.231. The molecule has 32 heavy (non-hydrogen) atoms. The molecular weight excluding hydrogens is 422 g/mol. The lowest BCUT2D eigenvalue weighted by Gasteiger charge is -2.32. The Morgan fingerprint density at radius 1 is 0.938 bits per heavy atom. The maximum absolute atomic E-state index is 13.2. The molecular formula is C26H28ClN3O2. The van der Waals surface area contributed by atoms with Gasteiger partial charge in [0.1, 0.15) is 0 Å². The highest BCUT2D eigenvalue weighted by molar-refractivity contribution is 6.31. The van der Waals surface area contributed by atoms with Crippen LogP contribution in [0.2, 0.25) is 5.02 Å². The number of amides is 2. The van der Waals surface area contributed by atoms with Gasteiger partial charge in [-0.25, -0.2) is 0 Å². The molecule has 0 unspecified atom stereocenters. The third kappa shape index (κ3) is 6.42. The van der Waals surface area contributed by atoms with Crippen molar-refractivity contribution < 1.29 is 9.59 Å². The van der Waals surface area contributed by atoms with Crippen LogP contribution < -0.4 is 11.1 Å². The first kappa shape index (κ1) is 23.5. The molecule has 0 atom stereocenters. The summed E-state index contributed by atoms with van der Waals surface area (Å²) in [5.74, 6) is -0.299. The first-order valence-corrected chi connectivity index (χ1v) is 10.9. The molecule has 3 N–H and O–H groups in total. The molecule has 0 bridgehead atoms. The number of nitrogens with one attached hydrogen (secondary N) is 1. The molecule has 3 aromatic rings. The minimum Gasteiger partial charge on any atom is -0.334 e. The first-order chi connectivity index (χ1) is 15.3. The summed E-state index contributed by atoms with van der Waals surface area (Å²) < 4.78 is 0. The van der Waals surface area contributed by atoms with Gasteiger partial charge in [-0.15, -0.1) is 0 Å². The number of nitrogens with two attached hydrogens (primary N) is 1. The second-order valence-corrected chi connectivity index (χ2v) is 9.00. The fourth-order valence-corrected chi connectivity index (χ4v) is 3.54. The Balaban J connectivity index is 1.80. The number of halogens is 1. The summed E-state index contributed by atoms with van der Waals surface area (Å²) in [4.78, 5) is 27.6. The number of rotatable bonds is 8. The summed E-state index contributed by atoms with van der Waals surface area (Å²) >= 11 is 5.99. The van der Waals surface area contributed by atoms with Crippen molar-refractivity contribution in [2.75, 3.05) is 18.4 Å². The standard InChI is InChI=1S/C26H28ClN3O2/c1-26(2,17-28)18-30(25(32)20-9-4-3-5-10-20)16-19-8-6-13-23(14-19)29-24(31)21-11-7-12-22(27)15-21/h3-15H,16-18,28H2,1-2H3,(H,29,31). The van der Waals surface area contributed by atoms with Gasteiger partial charge in [-0.3, -0.25) is 9.59 Å². The molecule has 0 spiro atoms. The van der Waals surface area contributed by atoms with Crippen molar-refractivity contribution in [1.82, 2.24) is 4.90 Å². The van der Waals surface area contributed by atoms with Crippen LogP contribution in [0.4, 0.5) is 5.69 Å². The molecule has 0 saturated carbocycles. The molecule has 2 amide bonds. The Morgan fingerprint density at radius 2 is 1.62 bits per heavy atom. The van der Waals surface area contributed by atoms with Crippen LogP contribution in [0.25, 0.3) is 0 Å². The molecule has 0 fully saturated rings. The fourth-order valence-electron chi connectivity index (χ4n) is 3.34. The molecule has 166 valence electrons. The first-order valence-electron chi connectivity index (χ1n) is 10.5. The lowest BCUT2D eigenvalue weighted by atomic mass is 9.92. The number of nitrogens with zero attached hydrogens (tertiary/aromatic N) is 1. The molecule has 0 saturated heterocycles. The molecule has 3 rings (SSSR count). The molecule has 0 aliphatic carbocycles. The molecule has 0 radical (unpaired) electrons. The Kier molecular flexibility index (Phi) is 7.67. The van der Waals surface area contributed by atoms with Gasteiger partial charge in [-0.2, -0.15) is 0 Å². The van der Waals surface area contributed by atoms with Gasteiger partial charge in [-0.05, 0) is 60.0 Å². The Labute approximate surface area is 194 Å². The second-order valence-electron chi connectivity index (χ2n) is 8.56. The number of carbonyl (C=O) groups is 2.